The summed E-state index contributed by atoms with van der Waals surface area (Å²) in [6.45, 7) is 2.45. The lowest BCUT2D eigenvalue weighted by molar-refractivity contribution is 0.180. The molecule has 0 heterocycles. The van der Waals surface area contributed by atoms with Crippen molar-refractivity contribution in [2.45, 2.75) is 24.3 Å². The van der Waals surface area contributed by atoms with Gasteiger partial charge in [-0.2, -0.15) is 0 Å². The third-order valence-corrected chi connectivity index (χ3v) is 3.28. The van der Waals surface area contributed by atoms with Gasteiger partial charge in [-0.25, -0.2) is 0 Å². The molecule has 3 heteroatoms. The highest BCUT2D eigenvalue weighted by Gasteiger charge is 2.02. The van der Waals surface area contributed by atoms with Crippen molar-refractivity contribution in [3.8, 4) is 0 Å². The minimum Gasteiger partial charge on any atom is -0.392 e. The van der Waals surface area contributed by atoms with Gasteiger partial charge in [0, 0.05) is 17.2 Å². The number of aryl methyl sites for hydroxylation is 1. The van der Waals surface area contributed by atoms with E-state index in [1.165, 1.54) is 10.5 Å². The van der Waals surface area contributed by atoms with Crippen LogP contribution in [0.1, 0.15) is 12.0 Å². The first kappa shape index (κ1) is 11.6. The summed E-state index contributed by atoms with van der Waals surface area (Å²) in [4.78, 5) is 1.29. The Kier molecular flexibility index (Phi) is 5.01. The van der Waals surface area contributed by atoms with E-state index in [1.54, 1.807) is 11.8 Å². The number of rotatable bonds is 5. The first-order valence-corrected chi connectivity index (χ1v) is 5.79. The van der Waals surface area contributed by atoms with Crippen molar-refractivity contribution in [1.29, 1.82) is 0 Å². The van der Waals surface area contributed by atoms with Crippen LogP contribution in [0.4, 0.5) is 0 Å². The van der Waals surface area contributed by atoms with E-state index in [0.29, 0.717) is 6.54 Å². The molecule has 0 amide bonds. The van der Waals surface area contributed by atoms with Gasteiger partial charge in [0.15, 0.2) is 0 Å². The van der Waals surface area contributed by atoms with E-state index in [2.05, 4.69) is 19.1 Å². The smallest absolute Gasteiger partial charge is 0.0670 e. The van der Waals surface area contributed by atoms with Crippen molar-refractivity contribution >= 4 is 11.8 Å². The van der Waals surface area contributed by atoms with Gasteiger partial charge in [-0.3, -0.25) is 0 Å². The molecule has 0 spiro atoms. The number of aliphatic hydroxyl groups is 1. The van der Waals surface area contributed by atoms with Crippen LogP contribution in [0.15, 0.2) is 29.2 Å². The Labute approximate surface area is 89.5 Å². The molecule has 0 radical (unpaired) electrons. The van der Waals surface area contributed by atoms with Gasteiger partial charge < -0.3 is 10.8 Å². The highest BCUT2D eigenvalue weighted by Crippen LogP contribution is 2.22. The molecule has 0 aromatic heterocycles. The fourth-order valence-electron chi connectivity index (χ4n) is 1.14. The van der Waals surface area contributed by atoms with Crippen molar-refractivity contribution in [1.82, 2.24) is 0 Å². The lowest BCUT2D eigenvalue weighted by Crippen LogP contribution is -2.19. The third kappa shape index (κ3) is 3.70. The zero-order chi connectivity index (χ0) is 10.4. The second-order valence-electron chi connectivity index (χ2n) is 3.29. The van der Waals surface area contributed by atoms with Gasteiger partial charge in [-0.1, -0.05) is 18.2 Å². The standard InChI is InChI=1S/C11H17NOS/c1-9-4-2-3-5-11(9)14-7-6-10(13)8-12/h2-5,10,13H,6-8,12H2,1H3. The summed E-state index contributed by atoms with van der Waals surface area (Å²) in [5.74, 6) is 0.920. The molecule has 1 aromatic rings. The van der Waals surface area contributed by atoms with Crippen molar-refractivity contribution in [2.24, 2.45) is 5.73 Å². The predicted molar refractivity (Wildman–Crippen MR) is 61.6 cm³/mol. The number of benzene rings is 1. The first-order valence-electron chi connectivity index (χ1n) is 4.80. The molecule has 0 aliphatic heterocycles. The van der Waals surface area contributed by atoms with Crippen LogP contribution in [-0.4, -0.2) is 23.5 Å². The van der Waals surface area contributed by atoms with Crippen LogP contribution in [0.3, 0.4) is 0 Å². The number of thioether (sulfide) groups is 1. The molecule has 1 atom stereocenters. The van der Waals surface area contributed by atoms with E-state index in [4.69, 9.17) is 5.73 Å². The summed E-state index contributed by atoms with van der Waals surface area (Å²) in [5, 5.41) is 9.27. The van der Waals surface area contributed by atoms with Crippen molar-refractivity contribution in [3.63, 3.8) is 0 Å². The monoisotopic (exact) mass is 211 g/mol. The van der Waals surface area contributed by atoms with Crippen LogP contribution in [0.25, 0.3) is 0 Å². The molecule has 0 aliphatic rings. The quantitative estimate of drug-likeness (QED) is 0.730. The molecule has 78 valence electrons. The maximum Gasteiger partial charge on any atom is 0.0670 e. The van der Waals surface area contributed by atoms with Gasteiger partial charge in [0.05, 0.1) is 6.10 Å². The van der Waals surface area contributed by atoms with Crippen LogP contribution in [0.2, 0.25) is 0 Å². The fraction of sp³-hybridized carbons (Fsp3) is 0.455. The van der Waals surface area contributed by atoms with Crippen molar-refractivity contribution in [3.05, 3.63) is 29.8 Å². The van der Waals surface area contributed by atoms with E-state index < -0.39 is 0 Å². The van der Waals surface area contributed by atoms with Crippen LogP contribution < -0.4 is 5.73 Å². The molecular formula is C11H17NOS. The number of hydrogen-bond acceptors (Lipinski definition) is 3. The Morgan fingerprint density at radius 2 is 2.14 bits per heavy atom. The molecule has 0 aliphatic carbocycles. The average molecular weight is 211 g/mol. The molecule has 1 unspecified atom stereocenters. The van der Waals surface area contributed by atoms with Crippen LogP contribution in [0, 0.1) is 6.92 Å². The zero-order valence-corrected chi connectivity index (χ0v) is 9.26. The van der Waals surface area contributed by atoms with E-state index >= 15 is 0 Å². The normalized spacial score (nSPS) is 12.8. The van der Waals surface area contributed by atoms with Crippen LogP contribution >= 0.6 is 11.8 Å². The average Bonchev–Trinajstić information content (AvgIpc) is 2.20. The fourth-order valence-corrected chi connectivity index (χ4v) is 2.22. The topological polar surface area (TPSA) is 46.2 Å². The molecule has 14 heavy (non-hydrogen) atoms. The zero-order valence-electron chi connectivity index (χ0n) is 8.44. The summed E-state index contributed by atoms with van der Waals surface area (Å²) in [5.41, 5.74) is 6.61. The summed E-state index contributed by atoms with van der Waals surface area (Å²) < 4.78 is 0. The minimum atomic E-state index is -0.355. The largest absolute Gasteiger partial charge is 0.392 e. The van der Waals surface area contributed by atoms with Crippen molar-refractivity contribution < 1.29 is 5.11 Å². The van der Waals surface area contributed by atoms with Gasteiger partial charge in [0.2, 0.25) is 0 Å². The molecule has 0 bridgehead atoms. The molecule has 1 aromatic carbocycles. The maximum absolute atomic E-state index is 9.27. The minimum absolute atomic E-state index is 0.355. The van der Waals surface area contributed by atoms with Crippen LogP contribution in [0.5, 0.6) is 0 Å². The summed E-state index contributed by atoms with van der Waals surface area (Å²) >= 11 is 1.78. The summed E-state index contributed by atoms with van der Waals surface area (Å²) in [6, 6.07) is 8.28. The molecule has 2 nitrogen and oxygen atoms in total. The second kappa shape index (κ2) is 6.06. The molecule has 1 rings (SSSR count). The van der Waals surface area contributed by atoms with Gasteiger partial charge in [-0.15, -0.1) is 11.8 Å². The van der Waals surface area contributed by atoms with Crippen LogP contribution in [-0.2, 0) is 0 Å². The molecule has 0 saturated heterocycles. The lowest BCUT2D eigenvalue weighted by Gasteiger charge is -2.08. The van der Waals surface area contributed by atoms with E-state index in [1.807, 2.05) is 12.1 Å². The van der Waals surface area contributed by atoms with E-state index in [0.717, 1.165) is 12.2 Å². The molecule has 3 N–H and O–H groups in total. The Bertz CT molecular complexity index is 278. The van der Waals surface area contributed by atoms with Gasteiger partial charge in [-0.05, 0) is 25.0 Å². The highest BCUT2D eigenvalue weighted by molar-refractivity contribution is 7.99. The SMILES string of the molecule is Cc1ccccc1SCCC(O)CN. The van der Waals surface area contributed by atoms with E-state index in [9.17, 15) is 5.11 Å². The Morgan fingerprint density at radius 1 is 1.43 bits per heavy atom. The lowest BCUT2D eigenvalue weighted by atomic mass is 10.2. The molecule has 0 saturated carbocycles. The third-order valence-electron chi connectivity index (χ3n) is 2.07. The molecule has 0 fully saturated rings. The van der Waals surface area contributed by atoms with Gasteiger partial charge >= 0.3 is 0 Å². The predicted octanol–water partition coefficient (Wildman–Crippen LogP) is 1.80. The number of aliphatic hydroxyl groups excluding tert-OH is 1. The Hall–Kier alpha value is -0.510. The highest BCUT2D eigenvalue weighted by atomic mass is 32.2. The Morgan fingerprint density at radius 3 is 2.79 bits per heavy atom. The van der Waals surface area contributed by atoms with Crippen molar-refractivity contribution in [2.75, 3.05) is 12.3 Å². The number of hydrogen-bond donors (Lipinski definition) is 2. The summed E-state index contributed by atoms with van der Waals surface area (Å²) in [7, 11) is 0. The van der Waals surface area contributed by atoms with Gasteiger partial charge in [0.25, 0.3) is 0 Å². The number of nitrogens with two attached hydrogens (primary N) is 1. The first-order chi connectivity index (χ1) is 6.74. The molecular weight excluding hydrogens is 194 g/mol. The maximum atomic E-state index is 9.27. The Balaban J connectivity index is 2.35. The van der Waals surface area contributed by atoms with E-state index in [-0.39, 0.29) is 6.10 Å². The summed E-state index contributed by atoms with van der Waals surface area (Å²) in [6.07, 6.45) is 0.404. The van der Waals surface area contributed by atoms with Gasteiger partial charge in [0.1, 0.15) is 0 Å². The second-order valence-corrected chi connectivity index (χ2v) is 4.43.